The van der Waals surface area contributed by atoms with Crippen molar-refractivity contribution in [1.29, 1.82) is 0 Å². The summed E-state index contributed by atoms with van der Waals surface area (Å²) in [6, 6.07) is 5.49. The Morgan fingerprint density at radius 3 is 2.42 bits per heavy atom. The number of methoxy groups -OCH3 is 1. The normalized spacial score (nSPS) is 13.6. The summed E-state index contributed by atoms with van der Waals surface area (Å²) in [7, 11) is 0.777. The van der Waals surface area contributed by atoms with Crippen molar-refractivity contribution in [3.63, 3.8) is 0 Å². The molecule has 0 saturated carbocycles. The van der Waals surface area contributed by atoms with Crippen LogP contribution in [0.4, 0.5) is 18.3 Å². The summed E-state index contributed by atoms with van der Waals surface area (Å²) < 4.78 is 45.8. The molecule has 1 aromatic carbocycles. The van der Waals surface area contributed by atoms with E-state index in [1.165, 1.54) is 29.6 Å². The van der Waals surface area contributed by atoms with E-state index in [0.717, 1.165) is 18.4 Å². The molecule has 0 bridgehead atoms. The number of aromatic nitrogens is 1. The van der Waals surface area contributed by atoms with Crippen molar-refractivity contribution in [2.75, 3.05) is 12.4 Å². The van der Waals surface area contributed by atoms with Gasteiger partial charge in [0.25, 0.3) is 5.91 Å². The number of carbonyl (C=O) groups is 2. The Balaban J connectivity index is 2.49. The zero-order chi connectivity index (χ0) is 19.5. The SMILES string of the molecule is COC(=O)C(NC(=O)c1ccccc1Cl)(Nc1nc(C)cs1)C(F)(F)F. The van der Waals surface area contributed by atoms with Crippen LogP contribution in [-0.2, 0) is 9.53 Å². The lowest BCUT2D eigenvalue weighted by atomic mass is 10.1. The van der Waals surface area contributed by atoms with Crippen LogP contribution in [0, 0.1) is 6.92 Å². The quantitative estimate of drug-likeness (QED) is 0.586. The third kappa shape index (κ3) is 3.91. The highest BCUT2D eigenvalue weighted by molar-refractivity contribution is 7.13. The number of benzene rings is 1. The van der Waals surface area contributed by atoms with Crippen LogP contribution in [-0.4, -0.2) is 35.8 Å². The number of rotatable bonds is 5. The molecular formula is C15H13ClF3N3O3S. The van der Waals surface area contributed by atoms with Crippen molar-refractivity contribution in [1.82, 2.24) is 10.3 Å². The summed E-state index contributed by atoms with van der Waals surface area (Å²) in [6.45, 7) is 1.57. The molecule has 11 heteroatoms. The minimum Gasteiger partial charge on any atom is -0.466 e. The average molecular weight is 408 g/mol. The molecular weight excluding hydrogens is 395 g/mol. The largest absolute Gasteiger partial charge is 0.466 e. The van der Waals surface area contributed by atoms with Crippen molar-refractivity contribution in [2.24, 2.45) is 0 Å². The lowest BCUT2D eigenvalue weighted by Gasteiger charge is -2.34. The highest BCUT2D eigenvalue weighted by Crippen LogP contribution is 2.34. The Morgan fingerprint density at radius 2 is 1.92 bits per heavy atom. The molecule has 0 radical (unpaired) electrons. The molecule has 26 heavy (non-hydrogen) atoms. The van der Waals surface area contributed by atoms with Gasteiger partial charge in [-0.15, -0.1) is 11.3 Å². The molecule has 1 amide bonds. The van der Waals surface area contributed by atoms with E-state index in [0.29, 0.717) is 5.69 Å². The molecule has 2 rings (SSSR count). The number of aryl methyl sites for hydroxylation is 1. The predicted octanol–water partition coefficient (Wildman–Crippen LogP) is 3.38. The zero-order valence-corrected chi connectivity index (χ0v) is 15.1. The number of nitrogens with one attached hydrogen (secondary N) is 2. The molecule has 2 N–H and O–H groups in total. The van der Waals surface area contributed by atoms with Crippen molar-refractivity contribution in [3.8, 4) is 0 Å². The molecule has 0 aliphatic carbocycles. The molecule has 0 aliphatic heterocycles. The van der Waals surface area contributed by atoms with E-state index in [4.69, 9.17) is 11.6 Å². The number of nitrogens with zero attached hydrogens (tertiary/aromatic N) is 1. The maximum Gasteiger partial charge on any atom is 0.442 e. The molecule has 140 valence electrons. The number of hydrogen-bond donors (Lipinski definition) is 2. The number of carbonyl (C=O) groups excluding carboxylic acids is 2. The summed E-state index contributed by atoms with van der Waals surface area (Å²) in [5.41, 5.74) is -3.33. The highest BCUT2D eigenvalue weighted by Gasteiger charge is 2.64. The van der Waals surface area contributed by atoms with Crippen LogP contribution in [0.2, 0.25) is 5.02 Å². The van der Waals surface area contributed by atoms with Gasteiger partial charge >= 0.3 is 17.8 Å². The van der Waals surface area contributed by atoms with Crippen LogP contribution in [0.5, 0.6) is 0 Å². The van der Waals surface area contributed by atoms with Crippen LogP contribution < -0.4 is 10.6 Å². The van der Waals surface area contributed by atoms with Crippen LogP contribution in [0.25, 0.3) is 0 Å². The maximum absolute atomic E-state index is 13.8. The van der Waals surface area contributed by atoms with Crippen molar-refractivity contribution in [2.45, 2.75) is 18.8 Å². The van der Waals surface area contributed by atoms with Gasteiger partial charge in [0, 0.05) is 5.38 Å². The van der Waals surface area contributed by atoms with Crippen LogP contribution in [0.3, 0.4) is 0 Å². The number of ether oxygens (including phenoxy) is 1. The summed E-state index contributed by atoms with van der Waals surface area (Å²) >= 11 is 6.69. The molecule has 0 fully saturated rings. The maximum atomic E-state index is 13.8. The number of esters is 1. The number of hydrogen-bond acceptors (Lipinski definition) is 6. The van der Waals surface area contributed by atoms with Gasteiger partial charge in [0.1, 0.15) is 0 Å². The predicted molar refractivity (Wildman–Crippen MR) is 90.2 cm³/mol. The Bertz CT molecular complexity index is 828. The van der Waals surface area contributed by atoms with E-state index >= 15 is 0 Å². The first kappa shape index (κ1) is 20.0. The van der Waals surface area contributed by atoms with E-state index in [2.05, 4.69) is 9.72 Å². The molecule has 1 aromatic heterocycles. The monoisotopic (exact) mass is 407 g/mol. The van der Waals surface area contributed by atoms with E-state index in [1.54, 1.807) is 12.2 Å². The van der Waals surface area contributed by atoms with Crippen LogP contribution in [0.1, 0.15) is 16.1 Å². The number of thiazole rings is 1. The zero-order valence-electron chi connectivity index (χ0n) is 13.5. The Labute approximate surface area is 155 Å². The van der Waals surface area contributed by atoms with Gasteiger partial charge in [-0.3, -0.25) is 4.79 Å². The summed E-state index contributed by atoms with van der Waals surface area (Å²) in [5, 5.41) is 4.82. The second-order valence-corrected chi connectivity index (χ2v) is 6.36. The smallest absolute Gasteiger partial charge is 0.442 e. The first-order valence-corrected chi connectivity index (χ1v) is 8.29. The molecule has 0 saturated heterocycles. The van der Waals surface area contributed by atoms with Gasteiger partial charge in [0.2, 0.25) is 0 Å². The lowest BCUT2D eigenvalue weighted by Crippen LogP contribution is -2.69. The number of amides is 1. The number of alkyl halides is 3. The van der Waals surface area contributed by atoms with E-state index in [-0.39, 0.29) is 15.7 Å². The van der Waals surface area contributed by atoms with Crippen LogP contribution >= 0.6 is 22.9 Å². The fourth-order valence-corrected chi connectivity index (χ4v) is 2.96. The number of halogens is 4. The molecule has 6 nitrogen and oxygen atoms in total. The summed E-state index contributed by atoms with van der Waals surface area (Å²) in [6.07, 6.45) is -5.24. The third-order valence-electron chi connectivity index (χ3n) is 3.25. The Morgan fingerprint density at radius 1 is 1.27 bits per heavy atom. The van der Waals surface area contributed by atoms with Gasteiger partial charge < -0.3 is 15.4 Å². The molecule has 1 atom stereocenters. The van der Waals surface area contributed by atoms with Gasteiger partial charge in [-0.2, -0.15) is 13.2 Å². The van der Waals surface area contributed by atoms with E-state index in [9.17, 15) is 22.8 Å². The second-order valence-electron chi connectivity index (χ2n) is 5.09. The molecule has 1 heterocycles. The van der Waals surface area contributed by atoms with E-state index in [1.807, 2.05) is 5.32 Å². The summed E-state index contributed by atoms with van der Waals surface area (Å²) in [4.78, 5) is 28.3. The fraction of sp³-hybridized carbons (Fsp3) is 0.267. The van der Waals surface area contributed by atoms with Gasteiger partial charge in [-0.1, -0.05) is 23.7 Å². The Hall–Kier alpha value is -2.33. The highest BCUT2D eigenvalue weighted by atomic mass is 35.5. The second kappa shape index (κ2) is 7.50. The molecule has 0 spiro atoms. The van der Waals surface area contributed by atoms with Crippen molar-refractivity contribution in [3.05, 3.63) is 45.9 Å². The molecule has 1 unspecified atom stereocenters. The van der Waals surface area contributed by atoms with Gasteiger partial charge in [-0.25, -0.2) is 9.78 Å². The Kier molecular flexibility index (Phi) is 5.77. The standard InChI is InChI=1S/C15H13ClF3N3O3S/c1-8-7-26-13(20-8)22-14(12(24)25-2,15(17,18)19)21-11(23)9-5-3-4-6-10(9)16/h3-7H,1-2H3,(H,20,22)(H,21,23). The number of anilines is 1. The topological polar surface area (TPSA) is 80.3 Å². The van der Waals surface area contributed by atoms with Gasteiger partial charge in [-0.05, 0) is 19.1 Å². The van der Waals surface area contributed by atoms with Crippen molar-refractivity contribution < 1.29 is 27.5 Å². The minimum atomic E-state index is -5.24. The average Bonchev–Trinajstić information content (AvgIpc) is 2.97. The lowest BCUT2D eigenvalue weighted by molar-refractivity contribution is -0.203. The minimum absolute atomic E-state index is 0.0731. The first-order chi connectivity index (χ1) is 12.1. The molecule has 0 aliphatic rings. The summed E-state index contributed by atoms with van der Waals surface area (Å²) in [5.74, 6) is -2.96. The first-order valence-electron chi connectivity index (χ1n) is 7.03. The van der Waals surface area contributed by atoms with Crippen LogP contribution in [0.15, 0.2) is 29.6 Å². The van der Waals surface area contributed by atoms with Gasteiger partial charge in [0.05, 0.1) is 23.4 Å². The van der Waals surface area contributed by atoms with Gasteiger partial charge in [0.15, 0.2) is 5.13 Å². The fourth-order valence-electron chi connectivity index (χ4n) is 2.00. The van der Waals surface area contributed by atoms with Crippen molar-refractivity contribution >= 4 is 39.9 Å². The third-order valence-corrected chi connectivity index (χ3v) is 4.45. The van der Waals surface area contributed by atoms with E-state index < -0.39 is 23.7 Å². The molecule has 2 aromatic rings.